The molecule has 1 amide bonds. The Kier molecular flexibility index (Phi) is 4.84. The van der Waals surface area contributed by atoms with Crippen LogP contribution in [0, 0.1) is 6.92 Å². The van der Waals surface area contributed by atoms with E-state index in [1.165, 1.54) is 10.1 Å². The summed E-state index contributed by atoms with van der Waals surface area (Å²) in [5.74, 6) is 0.312. The van der Waals surface area contributed by atoms with Gasteiger partial charge in [-0.25, -0.2) is 4.98 Å². The molecule has 1 atom stereocenters. The van der Waals surface area contributed by atoms with E-state index < -0.39 is 0 Å². The van der Waals surface area contributed by atoms with E-state index in [9.17, 15) is 9.59 Å². The van der Waals surface area contributed by atoms with Gasteiger partial charge < -0.3 is 5.32 Å². The van der Waals surface area contributed by atoms with Gasteiger partial charge in [-0.2, -0.15) is 0 Å². The van der Waals surface area contributed by atoms with E-state index in [2.05, 4.69) is 39.6 Å². The summed E-state index contributed by atoms with van der Waals surface area (Å²) in [5, 5.41) is 10.9. The van der Waals surface area contributed by atoms with Gasteiger partial charge in [0, 0.05) is 6.20 Å². The van der Waals surface area contributed by atoms with Crippen molar-refractivity contribution in [2.45, 2.75) is 39.8 Å². The van der Waals surface area contributed by atoms with Crippen LogP contribution in [0.1, 0.15) is 36.8 Å². The van der Waals surface area contributed by atoms with Crippen LogP contribution in [0.4, 0.5) is 0 Å². The molecule has 4 aromatic rings. The molecule has 0 saturated carbocycles. The predicted octanol–water partition coefficient (Wildman–Crippen LogP) is 2.19. The molecule has 4 rings (SSSR count). The molecule has 8 heteroatoms. The summed E-state index contributed by atoms with van der Waals surface area (Å²) in [6, 6.07) is 11.5. The van der Waals surface area contributed by atoms with E-state index in [1.807, 2.05) is 19.1 Å². The second-order valence-electron chi connectivity index (χ2n) is 7.03. The normalized spacial score (nSPS) is 12.4. The van der Waals surface area contributed by atoms with Crippen LogP contribution in [0.5, 0.6) is 0 Å². The SMILES string of the molecule is CCc1ccc(C(C)NC(=O)Cn2c(=O)c3nnc(C)n3c3ncccc32)cc1. The molecule has 0 spiro atoms. The molecule has 29 heavy (non-hydrogen) atoms. The summed E-state index contributed by atoms with van der Waals surface area (Å²) < 4.78 is 3.01. The smallest absolute Gasteiger partial charge is 0.297 e. The molecule has 148 valence electrons. The summed E-state index contributed by atoms with van der Waals surface area (Å²) in [5.41, 5.74) is 3.14. The number of nitrogens with one attached hydrogen (secondary N) is 1. The second-order valence-corrected chi connectivity index (χ2v) is 7.03. The lowest BCUT2D eigenvalue weighted by Crippen LogP contribution is -2.34. The Bertz CT molecular complexity index is 1260. The first kappa shape index (κ1) is 18.8. The third-order valence-electron chi connectivity index (χ3n) is 5.10. The largest absolute Gasteiger partial charge is 0.348 e. The molecule has 1 aromatic carbocycles. The molecule has 0 radical (unpaired) electrons. The van der Waals surface area contributed by atoms with Crippen LogP contribution < -0.4 is 10.9 Å². The van der Waals surface area contributed by atoms with E-state index in [1.54, 1.807) is 29.7 Å². The molecular formula is C21H22N6O2. The fourth-order valence-corrected chi connectivity index (χ4v) is 3.47. The van der Waals surface area contributed by atoms with Gasteiger partial charge in [-0.05, 0) is 43.5 Å². The van der Waals surface area contributed by atoms with E-state index in [4.69, 9.17) is 0 Å². The molecule has 3 aromatic heterocycles. The fourth-order valence-electron chi connectivity index (χ4n) is 3.47. The Balaban J connectivity index is 1.65. The van der Waals surface area contributed by atoms with Crippen molar-refractivity contribution in [2.75, 3.05) is 0 Å². The predicted molar refractivity (Wildman–Crippen MR) is 110 cm³/mol. The highest BCUT2D eigenvalue weighted by Gasteiger charge is 2.18. The van der Waals surface area contributed by atoms with Crippen molar-refractivity contribution < 1.29 is 4.79 Å². The van der Waals surface area contributed by atoms with Gasteiger partial charge >= 0.3 is 0 Å². The standard InChI is InChI=1S/C21H22N6O2/c1-4-15-7-9-16(10-8-15)13(2)23-18(28)12-26-17-6-5-11-22-19(17)27-14(3)24-25-20(27)21(26)29/h5-11,13H,4,12H2,1-3H3,(H,23,28). The molecule has 0 aliphatic heterocycles. The molecule has 8 nitrogen and oxygen atoms in total. The zero-order valence-corrected chi connectivity index (χ0v) is 16.6. The van der Waals surface area contributed by atoms with Crippen molar-refractivity contribution in [3.63, 3.8) is 0 Å². The van der Waals surface area contributed by atoms with Crippen molar-refractivity contribution in [1.82, 2.24) is 29.5 Å². The number of nitrogens with zero attached hydrogens (tertiary/aromatic N) is 5. The number of aromatic nitrogens is 5. The second kappa shape index (κ2) is 7.46. The minimum atomic E-state index is -0.374. The Morgan fingerprint density at radius 1 is 1.14 bits per heavy atom. The van der Waals surface area contributed by atoms with Crippen molar-refractivity contribution in [3.05, 3.63) is 69.9 Å². The lowest BCUT2D eigenvalue weighted by Gasteiger charge is -2.16. The Hall–Kier alpha value is -3.55. The van der Waals surface area contributed by atoms with E-state index >= 15 is 0 Å². The van der Waals surface area contributed by atoms with Crippen LogP contribution in [0.3, 0.4) is 0 Å². The van der Waals surface area contributed by atoms with E-state index in [-0.39, 0.29) is 29.7 Å². The van der Waals surface area contributed by atoms with Gasteiger partial charge in [0.05, 0.1) is 11.6 Å². The summed E-state index contributed by atoms with van der Waals surface area (Å²) >= 11 is 0. The van der Waals surface area contributed by atoms with Crippen LogP contribution in [0.15, 0.2) is 47.4 Å². The number of carbonyl (C=O) groups is 1. The number of amides is 1. The van der Waals surface area contributed by atoms with E-state index in [0.29, 0.717) is 17.0 Å². The number of hydrogen-bond acceptors (Lipinski definition) is 5. The first-order chi connectivity index (χ1) is 14.0. The van der Waals surface area contributed by atoms with Crippen LogP contribution in [-0.2, 0) is 17.8 Å². The van der Waals surface area contributed by atoms with Gasteiger partial charge in [0.25, 0.3) is 5.56 Å². The Labute approximate surface area is 167 Å². The van der Waals surface area contributed by atoms with Gasteiger partial charge in [0.2, 0.25) is 11.6 Å². The lowest BCUT2D eigenvalue weighted by atomic mass is 10.1. The maximum absolute atomic E-state index is 12.9. The first-order valence-corrected chi connectivity index (χ1v) is 9.57. The zero-order chi connectivity index (χ0) is 20.5. The Morgan fingerprint density at radius 2 is 1.90 bits per heavy atom. The molecule has 0 bridgehead atoms. The summed E-state index contributed by atoms with van der Waals surface area (Å²) in [7, 11) is 0. The molecular weight excluding hydrogens is 368 g/mol. The average Bonchev–Trinajstić information content (AvgIpc) is 3.13. The number of fused-ring (bicyclic) bond motifs is 3. The summed E-state index contributed by atoms with van der Waals surface area (Å²) in [6.45, 7) is 5.66. The van der Waals surface area contributed by atoms with E-state index in [0.717, 1.165) is 12.0 Å². The number of aryl methyl sites for hydroxylation is 2. The lowest BCUT2D eigenvalue weighted by molar-refractivity contribution is -0.122. The molecule has 0 saturated heterocycles. The molecule has 3 heterocycles. The highest BCUT2D eigenvalue weighted by molar-refractivity contribution is 5.80. The van der Waals surface area contributed by atoms with Gasteiger partial charge in [-0.1, -0.05) is 31.2 Å². The Morgan fingerprint density at radius 3 is 2.62 bits per heavy atom. The van der Waals surface area contributed by atoms with Crippen LogP contribution >= 0.6 is 0 Å². The maximum atomic E-state index is 12.9. The topological polar surface area (TPSA) is 94.2 Å². The van der Waals surface area contributed by atoms with Gasteiger partial charge in [0.15, 0.2) is 5.65 Å². The van der Waals surface area contributed by atoms with Crippen molar-refractivity contribution >= 4 is 22.7 Å². The number of benzene rings is 1. The summed E-state index contributed by atoms with van der Waals surface area (Å²) in [6.07, 6.45) is 2.60. The van der Waals surface area contributed by atoms with Crippen molar-refractivity contribution in [1.29, 1.82) is 0 Å². The van der Waals surface area contributed by atoms with Gasteiger partial charge in [-0.15, -0.1) is 10.2 Å². The third kappa shape index (κ3) is 3.37. The molecule has 0 fully saturated rings. The monoisotopic (exact) mass is 390 g/mol. The minimum absolute atomic E-state index is 0.124. The highest BCUT2D eigenvalue weighted by atomic mass is 16.2. The average molecular weight is 390 g/mol. The molecule has 1 unspecified atom stereocenters. The fraction of sp³-hybridized carbons (Fsp3) is 0.286. The van der Waals surface area contributed by atoms with Gasteiger partial charge in [0.1, 0.15) is 12.4 Å². The van der Waals surface area contributed by atoms with Crippen molar-refractivity contribution in [3.8, 4) is 0 Å². The van der Waals surface area contributed by atoms with Crippen LogP contribution in [-0.4, -0.2) is 30.1 Å². The number of carbonyl (C=O) groups excluding carboxylic acids is 1. The minimum Gasteiger partial charge on any atom is -0.348 e. The maximum Gasteiger partial charge on any atom is 0.297 e. The highest BCUT2D eigenvalue weighted by Crippen LogP contribution is 2.15. The number of pyridine rings is 1. The van der Waals surface area contributed by atoms with Crippen LogP contribution in [0.2, 0.25) is 0 Å². The number of hydrogen-bond donors (Lipinski definition) is 1. The summed E-state index contributed by atoms with van der Waals surface area (Å²) in [4.78, 5) is 30.0. The molecule has 1 N–H and O–H groups in total. The zero-order valence-electron chi connectivity index (χ0n) is 16.6. The molecule has 0 aliphatic carbocycles. The first-order valence-electron chi connectivity index (χ1n) is 9.57. The van der Waals surface area contributed by atoms with Crippen LogP contribution in [0.25, 0.3) is 16.8 Å². The number of rotatable bonds is 5. The van der Waals surface area contributed by atoms with Gasteiger partial charge in [-0.3, -0.25) is 18.6 Å². The quantitative estimate of drug-likeness (QED) is 0.564. The molecule has 0 aliphatic rings. The van der Waals surface area contributed by atoms with Crippen molar-refractivity contribution in [2.24, 2.45) is 0 Å². The third-order valence-corrected chi connectivity index (χ3v) is 5.10.